The van der Waals surface area contributed by atoms with Crippen LogP contribution in [0.3, 0.4) is 0 Å². The topological polar surface area (TPSA) is 57.5 Å². The Balaban J connectivity index is 0.00000192. The van der Waals surface area contributed by atoms with Gasteiger partial charge in [-0.3, -0.25) is 0 Å². The quantitative estimate of drug-likeness (QED) is 0.647. The van der Waals surface area contributed by atoms with Crippen molar-refractivity contribution in [3.63, 3.8) is 0 Å². The van der Waals surface area contributed by atoms with E-state index in [9.17, 15) is 5.41 Å². The van der Waals surface area contributed by atoms with Crippen LogP contribution >= 0.6 is 0 Å². The van der Waals surface area contributed by atoms with Crippen molar-refractivity contribution in [2.75, 3.05) is 0 Å². The normalized spacial score (nSPS) is 17.1. The second-order valence-electron chi connectivity index (χ2n) is 7.62. The first kappa shape index (κ1) is 19.6. The van der Waals surface area contributed by atoms with E-state index in [1.165, 1.54) is 22.3 Å². The maximum Gasteiger partial charge on any atom is 1.00 e. The number of benzene rings is 3. The third-order valence-corrected chi connectivity index (χ3v) is 5.71. The molecule has 132 valence electrons. The summed E-state index contributed by atoms with van der Waals surface area (Å²) in [7, 11) is 0. The van der Waals surface area contributed by atoms with Crippen molar-refractivity contribution in [1.29, 1.82) is 0 Å². The molecule has 3 aromatic rings. The average molecular weight is 391 g/mol. The Morgan fingerprint density at radius 1 is 0.857 bits per heavy atom. The molecule has 2 N–H and O–H groups in total. The summed E-state index contributed by atoms with van der Waals surface area (Å²) in [5.74, 6) is 0.947. The third kappa shape index (κ3) is 2.75. The van der Waals surface area contributed by atoms with Crippen LogP contribution in [0.15, 0.2) is 72.5 Å². The second kappa shape index (κ2) is 6.97. The molecule has 0 amide bonds. The molecule has 1 aliphatic heterocycles. The summed E-state index contributed by atoms with van der Waals surface area (Å²) >= 11 is 0. The van der Waals surface area contributed by atoms with Crippen molar-refractivity contribution in [3.8, 4) is 16.9 Å². The van der Waals surface area contributed by atoms with Gasteiger partial charge >= 0.3 is 51.4 Å². The Kier molecular flexibility index (Phi) is 4.88. The fraction of sp³-hybridized carbons (Fsp3) is 0.125. The molecule has 0 spiro atoms. The number of hydrogen-bond acceptors (Lipinski definition) is 2. The summed E-state index contributed by atoms with van der Waals surface area (Å²) in [4.78, 5) is 0. The van der Waals surface area contributed by atoms with Crippen molar-refractivity contribution >= 4 is 11.4 Å². The molecule has 0 bridgehead atoms. The number of nitrogens with two attached hydrogens (primary N) is 1. The smallest absolute Gasteiger partial charge is 0.800 e. The zero-order valence-electron chi connectivity index (χ0n) is 16.3. The van der Waals surface area contributed by atoms with Gasteiger partial charge in [-0.25, -0.2) is 0 Å². The first-order valence-electron chi connectivity index (χ1n) is 9.06. The van der Waals surface area contributed by atoms with Crippen molar-refractivity contribution < 1.29 is 56.1 Å². The van der Waals surface area contributed by atoms with E-state index in [0.29, 0.717) is 22.8 Å². The van der Waals surface area contributed by atoms with Crippen LogP contribution in [0.4, 0.5) is 0 Å². The molecule has 0 atom stereocenters. The van der Waals surface area contributed by atoms with Crippen LogP contribution in [0.2, 0.25) is 0 Å². The van der Waals surface area contributed by atoms with E-state index >= 15 is 0 Å². The standard InChI is InChI=1S/C24H19N2O.K/c1-24(2)18-9-5-3-7-15(18)17-13-14(11-12-19(17)24)21(25)23-22(26)16-8-4-6-10-20(16)27-23;/h3-13H,25H2,1-2H3;/q-1;+1/b23-21+;. The van der Waals surface area contributed by atoms with Crippen molar-refractivity contribution in [1.82, 2.24) is 0 Å². The van der Waals surface area contributed by atoms with Crippen molar-refractivity contribution in [3.05, 3.63) is 100 Å². The molecule has 0 unspecified atom stereocenters. The number of hydrogen-bond donors (Lipinski definition) is 1. The molecule has 0 aromatic heterocycles. The van der Waals surface area contributed by atoms with Gasteiger partial charge in [0, 0.05) is 16.5 Å². The SMILES string of the molecule is CC1(C)c2ccccc2-c2cc(/C(N)=C3\Oc4ccccc4C3=[N-])ccc21.[K+]. The van der Waals surface area contributed by atoms with Crippen LogP contribution in [-0.4, -0.2) is 5.71 Å². The predicted octanol–water partition coefficient (Wildman–Crippen LogP) is 2.08. The molecule has 0 fully saturated rings. The van der Waals surface area contributed by atoms with E-state index in [4.69, 9.17) is 10.5 Å². The molecule has 1 heterocycles. The van der Waals surface area contributed by atoms with Crippen LogP contribution in [0.25, 0.3) is 22.2 Å². The van der Waals surface area contributed by atoms with Gasteiger partial charge in [0.25, 0.3) is 0 Å². The summed E-state index contributed by atoms with van der Waals surface area (Å²) in [6.07, 6.45) is 0. The molecule has 3 nitrogen and oxygen atoms in total. The Morgan fingerprint density at radius 2 is 1.50 bits per heavy atom. The first-order valence-corrected chi connectivity index (χ1v) is 9.06. The summed E-state index contributed by atoms with van der Waals surface area (Å²) in [5, 5.41) is 10.6. The molecular formula is C24H19KN2O. The van der Waals surface area contributed by atoms with Crippen LogP contribution in [-0.2, 0) is 5.41 Å². The molecule has 5 rings (SSSR count). The van der Waals surface area contributed by atoms with Gasteiger partial charge in [-0.2, -0.15) is 0 Å². The maximum atomic E-state index is 10.6. The number of para-hydroxylation sites is 1. The Bertz CT molecular complexity index is 1160. The molecule has 0 radical (unpaired) electrons. The predicted molar refractivity (Wildman–Crippen MR) is 110 cm³/mol. The van der Waals surface area contributed by atoms with Gasteiger partial charge < -0.3 is 15.9 Å². The van der Waals surface area contributed by atoms with Gasteiger partial charge in [-0.05, 0) is 34.4 Å². The molecule has 28 heavy (non-hydrogen) atoms. The first-order chi connectivity index (χ1) is 13.0. The van der Waals surface area contributed by atoms with Gasteiger partial charge in [0.1, 0.15) is 11.5 Å². The molecule has 1 aliphatic carbocycles. The van der Waals surface area contributed by atoms with Gasteiger partial charge in [0.15, 0.2) is 0 Å². The van der Waals surface area contributed by atoms with Crippen LogP contribution in [0, 0.1) is 0 Å². The molecule has 2 aliphatic rings. The Morgan fingerprint density at radius 3 is 2.25 bits per heavy atom. The van der Waals surface area contributed by atoms with E-state index in [2.05, 4.69) is 50.2 Å². The number of rotatable bonds is 1. The zero-order valence-corrected chi connectivity index (χ0v) is 19.4. The van der Waals surface area contributed by atoms with E-state index in [-0.39, 0.29) is 62.5 Å². The Hall–Kier alpha value is -1.69. The van der Waals surface area contributed by atoms with Crippen molar-refractivity contribution in [2.45, 2.75) is 19.3 Å². The fourth-order valence-electron chi connectivity index (χ4n) is 4.23. The van der Waals surface area contributed by atoms with Gasteiger partial charge in [-0.15, -0.1) is 5.71 Å². The van der Waals surface area contributed by atoms with Crippen LogP contribution in [0.5, 0.6) is 5.75 Å². The molecular weight excluding hydrogens is 371 g/mol. The summed E-state index contributed by atoms with van der Waals surface area (Å²) in [5.41, 5.74) is 13.5. The summed E-state index contributed by atoms with van der Waals surface area (Å²) in [6.45, 7) is 4.49. The van der Waals surface area contributed by atoms with E-state index in [0.717, 1.165) is 5.56 Å². The minimum Gasteiger partial charge on any atom is -0.800 e. The molecule has 0 saturated carbocycles. The van der Waals surface area contributed by atoms with E-state index < -0.39 is 0 Å². The fourth-order valence-corrected chi connectivity index (χ4v) is 4.23. The number of fused-ring (bicyclic) bond motifs is 4. The van der Waals surface area contributed by atoms with Gasteiger partial charge in [-0.1, -0.05) is 68.4 Å². The largest absolute Gasteiger partial charge is 1.00 e. The molecule has 3 aromatic carbocycles. The summed E-state index contributed by atoms with van der Waals surface area (Å²) in [6, 6.07) is 22.1. The monoisotopic (exact) mass is 390 g/mol. The van der Waals surface area contributed by atoms with E-state index in [1.807, 2.05) is 30.3 Å². The third-order valence-electron chi connectivity index (χ3n) is 5.71. The number of allylic oxidation sites excluding steroid dienone is 1. The number of ether oxygens (including phenoxy) is 1. The van der Waals surface area contributed by atoms with Gasteiger partial charge in [0.05, 0.1) is 5.70 Å². The maximum absolute atomic E-state index is 10.6. The van der Waals surface area contributed by atoms with E-state index in [1.54, 1.807) is 0 Å². The average Bonchev–Trinajstić information content (AvgIpc) is 3.14. The molecule has 4 heteroatoms. The van der Waals surface area contributed by atoms with Crippen molar-refractivity contribution in [2.24, 2.45) is 5.73 Å². The minimum absolute atomic E-state index is 0. The minimum atomic E-state index is -0.0410. The second-order valence-corrected chi connectivity index (χ2v) is 7.62. The van der Waals surface area contributed by atoms with Crippen LogP contribution in [0.1, 0.15) is 36.1 Å². The number of nitrogens with zero attached hydrogens (tertiary/aromatic N) is 1. The molecule has 0 saturated heterocycles. The Labute approximate surface area is 207 Å². The zero-order chi connectivity index (χ0) is 18.8. The van der Waals surface area contributed by atoms with Crippen LogP contribution < -0.4 is 61.9 Å². The summed E-state index contributed by atoms with van der Waals surface area (Å²) < 4.78 is 5.83. The van der Waals surface area contributed by atoms with Gasteiger partial charge in [0.2, 0.25) is 0 Å².